The number of thiophene rings is 1. The van der Waals surface area contributed by atoms with Crippen LogP contribution in [0.3, 0.4) is 0 Å². The van der Waals surface area contributed by atoms with Crippen LogP contribution in [0.1, 0.15) is 5.56 Å². The van der Waals surface area contributed by atoms with Crippen molar-refractivity contribution >= 4 is 11.3 Å². The highest BCUT2D eigenvalue weighted by Crippen LogP contribution is 2.35. The molecule has 0 amide bonds. The SMILES string of the molecule is Cc1ccsc1-c1ccccc1-c1ccccn1. The van der Waals surface area contributed by atoms with Crippen LogP contribution in [0.4, 0.5) is 0 Å². The first-order valence-electron chi connectivity index (χ1n) is 5.91. The zero-order valence-electron chi connectivity index (χ0n) is 10.1. The van der Waals surface area contributed by atoms with Crippen molar-refractivity contribution in [2.45, 2.75) is 6.92 Å². The third kappa shape index (κ3) is 1.95. The molecule has 2 aromatic heterocycles. The van der Waals surface area contributed by atoms with Gasteiger partial charge < -0.3 is 0 Å². The molecule has 0 bridgehead atoms. The first-order valence-corrected chi connectivity index (χ1v) is 6.79. The van der Waals surface area contributed by atoms with Crippen molar-refractivity contribution in [1.29, 1.82) is 0 Å². The average molecular weight is 251 g/mol. The second-order valence-electron chi connectivity index (χ2n) is 4.19. The predicted octanol–water partition coefficient (Wildman–Crippen LogP) is 4.79. The molecule has 0 unspecified atom stereocenters. The van der Waals surface area contributed by atoms with Gasteiger partial charge in [0, 0.05) is 22.2 Å². The van der Waals surface area contributed by atoms with Crippen molar-refractivity contribution in [3.05, 3.63) is 65.7 Å². The van der Waals surface area contributed by atoms with Gasteiger partial charge in [-0.1, -0.05) is 30.3 Å². The van der Waals surface area contributed by atoms with E-state index in [0.29, 0.717) is 0 Å². The van der Waals surface area contributed by atoms with Crippen molar-refractivity contribution < 1.29 is 0 Å². The van der Waals surface area contributed by atoms with Crippen LogP contribution in [0.2, 0.25) is 0 Å². The molecule has 2 heteroatoms. The third-order valence-electron chi connectivity index (χ3n) is 2.97. The van der Waals surface area contributed by atoms with E-state index in [0.717, 1.165) is 5.69 Å². The largest absolute Gasteiger partial charge is 0.256 e. The molecule has 0 aliphatic carbocycles. The van der Waals surface area contributed by atoms with Crippen LogP contribution in [-0.2, 0) is 0 Å². The summed E-state index contributed by atoms with van der Waals surface area (Å²) >= 11 is 1.78. The van der Waals surface area contributed by atoms with E-state index in [-0.39, 0.29) is 0 Å². The highest BCUT2D eigenvalue weighted by atomic mass is 32.1. The van der Waals surface area contributed by atoms with Crippen LogP contribution in [-0.4, -0.2) is 4.98 Å². The lowest BCUT2D eigenvalue weighted by Crippen LogP contribution is -1.86. The fourth-order valence-electron chi connectivity index (χ4n) is 2.08. The Balaban J connectivity index is 2.21. The summed E-state index contributed by atoms with van der Waals surface area (Å²) in [6, 6.07) is 16.6. The minimum atomic E-state index is 1.03. The predicted molar refractivity (Wildman–Crippen MR) is 77.7 cm³/mol. The number of hydrogen-bond acceptors (Lipinski definition) is 2. The van der Waals surface area contributed by atoms with Gasteiger partial charge in [0.1, 0.15) is 0 Å². The minimum absolute atomic E-state index is 1.03. The zero-order chi connectivity index (χ0) is 12.4. The summed E-state index contributed by atoms with van der Waals surface area (Å²) in [4.78, 5) is 5.78. The van der Waals surface area contributed by atoms with E-state index in [9.17, 15) is 0 Å². The molecule has 88 valence electrons. The van der Waals surface area contributed by atoms with E-state index < -0.39 is 0 Å². The van der Waals surface area contributed by atoms with Gasteiger partial charge in [-0.05, 0) is 36.1 Å². The van der Waals surface area contributed by atoms with Gasteiger partial charge in [-0.25, -0.2) is 0 Å². The van der Waals surface area contributed by atoms with Gasteiger partial charge in [-0.3, -0.25) is 4.98 Å². The number of nitrogens with zero attached hydrogens (tertiary/aromatic N) is 1. The molecule has 0 N–H and O–H groups in total. The molecule has 0 aliphatic heterocycles. The molecule has 1 aromatic carbocycles. The minimum Gasteiger partial charge on any atom is -0.256 e. The Morgan fingerprint density at radius 1 is 0.889 bits per heavy atom. The molecule has 0 atom stereocenters. The van der Waals surface area contributed by atoms with E-state index in [2.05, 4.69) is 53.7 Å². The van der Waals surface area contributed by atoms with Gasteiger partial charge >= 0.3 is 0 Å². The average Bonchev–Trinajstić information content (AvgIpc) is 2.86. The second kappa shape index (κ2) is 4.75. The van der Waals surface area contributed by atoms with Crippen molar-refractivity contribution in [3.63, 3.8) is 0 Å². The molecule has 18 heavy (non-hydrogen) atoms. The molecule has 3 rings (SSSR count). The summed E-state index contributed by atoms with van der Waals surface area (Å²) in [6.07, 6.45) is 1.84. The Labute approximate surface area is 111 Å². The topological polar surface area (TPSA) is 12.9 Å². The normalized spacial score (nSPS) is 10.5. The lowest BCUT2D eigenvalue weighted by Gasteiger charge is -2.08. The summed E-state index contributed by atoms with van der Waals surface area (Å²) in [6.45, 7) is 2.15. The van der Waals surface area contributed by atoms with E-state index in [1.807, 2.05) is 18.3 Å². The molecule has 0 saturated heterocycles. The number of benzene rings is 1. The van der Waals surface area contributed by atoms with E-state index in [1.54, 1.807) is 11.3 Å². The lowest BCUT2D eigenvalue weighted by molar-refractivity contribution is 1.33. The maximum absolute atomic E-state index is 4.45. The Bertz CT molecular complexity index is 656. The van der Waals surface area contributed by atoms with Crippen LogP contribution >= 0.6 is 11.3 Å². The lowest BCUT2D eigenvalue weighted by atomic mass is 10.0. The standard InChI is InChI=1S/C16H13NS/c1-12-9-11-18-16(12)14-7-3-2-6-13(14)15-8-4-5-10-17-15/h2-11H,1H3. The number of aryl methyl sites for hydroxylation is 1. The highest BCUT2D eigenvalue weighted by molar-refractivity contribution is 7.13. The fourth-order valence-corrected chi connectivity index (χ4v) is 3.04. The summed E-state index contributed by atoms with van der Waals surface area (Å²) in [5.41, 5.74) is 4.82. The maximum atomic E-state index is 4.45. The van der Waals surface area contributed by atoms with Gasteiger partial charge in [0.15, 0.2) is 0 Å². The second-order valence-corrected chi connectivity index (χ2v) is 5.11. The maximum Gasteiger partial charge on any atom is 0.0708 e. The van der Waals surface area contributed by atoms with Crippen LogP contribution in [0.25, 0.3) is 21.7 Å². The monoisotopic (exact) mass is 251 g/mol. The molecule has 0 radical (unpaired) electrons. The molecule has 0 spiro atoms. The van der Waals surface area contributed by atoms with E-state index in [4.69, 9.17) is 0 Å². The Morgan fingerprint density at radius 3 is 2.33 bits per heavy atom. The highest BCUT2D eigenvalue weighted by Gasteiger charge is 2.10. The fraction of sp³-hybridized carbons (Fsp3) is 0.0625. The summed E-state index contributed by atoms with van der Waals surface area (Å²) in [7, 11) is 0. The summed E-state index contributed by atoms with van der Waals surface area (Å²) in [5, 5.41) is 2.14. The molecular formula is C16H13NS. The number of rotatable bonds is 2. The number of pyridine rings is 1. The molecule has 0 saturated carbocycles. The molecule has 0 aliphatic rings. The molecule has 0 fully saturated rings. The van der Waals surface area contributed by atoms with Crippen molar-refractivity contribution in [2.75, 3.05) is 0 Å². The van der Waals surface area contributed by atoms with Gasteiger partial charge in [0.05, 0.1) is 5.69 Å². The van der Waals surface area contributed by atoms with E-state index >= 15 is 0 Å². The van der Waals surface area contributed by atoms with Crippen LogP contribution in [0, 0.1) is 6.92 Å². The van der Waals surface area contributed by atoms with Crippen molar-refractivity contribution in [2.24, 2.45) is 0 Å². The van der Waals surface area contributed by atoms with Crippen LogP contribution in [0.5, 0.6) is 0 Å². The van der Waals surface area contributed by atoms with Crippen LogP contribution in [0.15, 0.2) is 60.1 Å². The molecule has 1 nitrogen and oxygen atoms in total. The first-order chi connectivity index (χ1) is 8.86. The van der Waals surface area contributed by atoms with Gasteiger partial charge in [0.2, 0.25) is 0 Å². The Kier molecular flexibility index (Phi) is 2.95. The summed E-state index contributed by atoms with van der Waals surface area (Å²) < 4.78 is 0. The van der Waals surface area contributed by atoms with Crippen molar-refractivity contribution in [1.82, 2.24) is 4.98 Å². The molecular weight excluding hydrogens is 238 g/mol. The Morgan fingerprint density at radius 2 is 1.67 bits per heavy atom. The smallest absolute Gasteiger partial charge is 0.0708 e. The van der Waals surface area contributed by atoms with Crippen molar-refractivity contribution in [3.8, 4) is 21.7 Å². The number of aromatic nitrogens is 1. The molecule has 3 aromatic rings. The first kappa shape index (κ1) is 11.2. The van der Waals surface area contributed by atoms with Gasteiger partial charge in [0.25, 0.3) is 0 Å². The summed E-state index contributed by atoms with van der Waals surface area (Å²) in [5.74, 6) is 0. The van der Waals surface area contributed by atoms with E-state index in [1.165, 1.54) is 21.6 Å². The quantitative estimate of drug-likeness (QED) is 0.638. The third-order valence-corrected chi connectivity index (χ3v) is 4.02. The van der Waals surface area contributed by atoms with Crippen LogP contribution < -0.4 is 0 Å². The number of hydrogen-bond donors (Lipinski definition) is 0. The zero-order valence-corrected chi connectivity index (χ0v) is 10.9. The van der Waals surface area contributed by atoms with Gasteiger partial charge in [-0.15, -0.1) is 11.3 Å². The Hall–Kier alpha value is -1.93. The van der Waals surface area contributed by atoms with Gasteiger partial charge in [-0.2, -0.15) is 0 Å². The molecule has 2 heterocycles.